The zero-order valence-electron chi connectivity index (χ0n) is 12.3. The highest BCUT2D eigenvalue weighted by molar-refractivity contribution is 7.99. The fourth-order valence-electron chi connectivity index (χ4n) is 2.63. The van der Waals surface area contributed by atoms with Gasteiger partial charge in [0.15, 0.2) is 20.6 Å². The SMILES string of the molecule is O=S1(=O)CCCC(CSc2nnc3c(Cl)cc(C(F)(F)F)cn23)C1. The van der Waals surface area contributed by atoms with Gasteiger partial charge < -0.3 is 0 Å². The lowest BCUT2D eigenvalue weighted by atomic mass is 10.1. The number of nitrogens with zero attached hydrogens (tertiary/aromatic N) is 3. The lowest BCUT2D eigenvalue weighted by molar-refractivity contribution is -0.137. The van der Waals surface area contributed by atoms with Crippen LogP contribution in [0.1, 0.15) is 18.4 Å². The first-order valence-electron chi connectivity index (χ1n) is 7.10. The van der Waals surface area contributed by atoms with Crippen molar-refractivity contribution in [2.24, 2.45) is 5.92 Å². The molecule has 0 N–H and O–H groups in total. The van der Waals surface area contributed by atoms with Crippen molar-refractivity contribution in [1.82, 2.24) is 14.6 Å². The van der Waals surface area contributed by atoms with Gasteiger partial charge in [0.05, 0.1) is 22.1 Å². The number of rotatable bonds is 3. The number of alkyl halides is 3. The summed E-state index contributed by atoms with van der Waals surface area (Å²) >= 11 is 7.05. The number of fused-ring (bicyclic) bond motifs is 1. The molecule has 0 aliphatic carbocycles. The van der Waals surface area contributed by atoms with E-state index in [4.69, 9.17) is 11.6 Å². The average Bonchev–Trinajstić information content (AvgIpc) is 2.87. The Bertz CT molecular complexity index is 867. The van der Waals surface area contributed by atoms with Crippen molar-refractivity contribution in [1.29, 1.82) is 0 Å². The van der Waals surface area contributed by atoms with Crippen LogP contribution in [0.2, 0.25) is 5.02 Å². The minimum Gasteiger partial charge on any atom is -0.276 e. The summed E-state index contributed by atoms with van der Waals surface area (Å²) in [5.41, 5.74) is -0.745. The molecule has 5 nitrogen and oxygen atoms in total. The molecule has 132 valence electrons. The van der Waals surface area contributed by atoms with Gasteiger partial charge in [-0.05, 0) is 24.8 Å². The van der Waals surface area contributed by atoms with E-state index in [1.807, 2.05) is 0 Å². The van der Waals surface area contributed by atoms with E-state index >= 15 is 0 Å². The predicted molar refractivity (Wildman–Crippen MR) is 85.1 cm³/mol. The molecule has 3 heterocycles. The molecule has 11 heteroatoms. The van der Waals surface area contributed by atoms with Crippen molar-refractivity contribution >= 4 is 38.8 Å². The van der Waals surface area contributed by atoms with Gasteiger partial charge in [-0.2, -0.15) is 13.2 Å². The molecule has 0 aromatic carbocycles. The van der Waals surface area contributed by atoms with E-state index in [2.05, 4.69) is 10.2 Å². The molecule has 1 fully saturated rings. The molecule has 3 rings (SSSR count). The molecule has 0 radical (unpaired) electrons. The van der Waals surface area contributed by atoms with Gasteiger partial charge in [0.25, 0.3) is 0 Å². The van der Waals surface area contributed by atoms with Crippen molar-refractivity contribution < 1.29 is 21.6 Å². The van der Waals surface area contributed by atoms with Crippen molar-refractivity contribution in [3.63, 3.8) is 0 Å². The second-order valence-corrected chi connectivity index (χ2v) is 9.31. The van der Waals surface area contributed by atoms with Crippen molar-refractivity contribution in [2.75, 3.05) is 17.3 Å². The Morgan fingerprint density at radius 2 is 2.12 bits per heavy atom. The van der Waals surface area contributed by atoms with Gasteiger partial charge in [0.2, 0.25) is 0 Å². The lowest BCUT2D eigenvalue weighted by Crippen LogP contribution is -2.26. The predicted octanol–water partition coefficient (Wildman–Crippen LogP) is 3.32. The third kappa shape index (κ3) is 3.80. The maximum atomic E-state index is 12.9. The van der Waals surface area contributed by atoms with Crippen molar-refractivity contribution in [3.05, 3.63) is 22.8 Å². The highest BCUT2D eigenvalue weighted by atomic mass is 35.5. The number of aromatic nitrogens is 3. The summed E-state index contributed by atoms with van der Waals surface area (Å²) in [5, 5.41) is 7.81. The summed E-state index contributed by atoms with van der Waals surface area (Å²) in [4.78, 5) is 0. The summed E-state index contributed by atoms with van der Waals surface area (Å²) in [6.07, 6.45) is -2.24. The van der Waals surface area contributed by atoms with Gasteiger partial charge in [-0.15, -0.1) is 10.2 Å². The van der Waals surface area contributed by atoms with E-state index < -0.39 is 21.6 Å². The Balaban J connectivity index is 1.83. The average molecular weight is 400 g/mol. The summed E-state index contributed by atoms with van der Waals surface area (Å²) in [5.74, 6) is 0.716. The monoisotopic (exact) mass is 399 g/mol. The van der Waals surface area contributed by atoms with Crippen LogP contribution in [-0.2, 0) is 16.0 Å². The zero-order valence-corrected chi connectivity index (χ0v) is 14.6. The first kappa shape index (κ1) is 17.8. The van der Waals surface area contributed by atoms with Crippen LogP contribution in [0.4, 0.5) is 13.2 Å². The van der Waals surface area contributed by atoms with Crippen LogP contribution in [0.5, 0.6) is 0 Å². The molecule has 2 aromatic heterocycles. The van der Waals surface area contributed by atoms with Crippen LogP contribution >= 0.6 is 23.4 Å². The fraction of sp³-hybridized carbons (Fsp3) is 0.538. The molecule has 1 aliphatic rings. The third-order valence-corrected chi connectivity index (χ3v) is 7.10. The molecule has 1 saturated heterocycles. The molecule has 1 unspecified atom stereocenters. The van der Waals surface area contributed by atoms with Crippen LogP contribution in [-0.4, -0.2) is 40.3 Å². The maximum absolute atomic E-state index is 12.9. The topological polar surface area (TPSA) is 64.3 Å². The number of hydrogen-bond acceptors (Lipinski definition) is 5. The number of pyridine rings is 1. The third-order valence-electron chi connectivity index (χ3n) is 3.76. The van der Waals surface area contributed by atoms with Gasteiger partial charge in [-0.1, -0.05) is 23.4 Å². The zero-order chi connectivity index (χ0) is 17.5. The van der Waals surface area contributed by atoms with E-state index in [1.54, 1.807) is 0 Å². The summed E-state index contributed by atoms with van der Waals surface area (Å²) in [6, 6.07) is 0.813. The van der Waals surface area contributed by atoms with Gasteiger partial charge in [-0.25, -0.2) is 8.42 Å². The second-order valence-electron chi connectivity index (χ2n) is 5.68. The first-order valence-corrected chi connectivity index (χ1v) is 10.3. The summed E-state index contributed by atoms with van der Waals surface area (Å²) in [7, 11) is -3.02. The highest BCUT2D eigenvalue weighted by Crippen LogP contribution is 2.34. The normalized spacial score (nSPS) is 21.2. The number of hydrogen-bond donors (Lipinski definition) is 0. The van der Waals surface area contributed by atoms with Crippen LogP contribution in [0.15, 0.2) is 17.4 Å². The Morgan fingerprint density at radius 3 is 2.79 bits per heavy atom. The molecule has 1 atom stereocenters. The van der Waals surface area contributed by atoms with Gasteiger partial charge in [-0.3, -0.25) is 4.40 Å². The highest BCUT2D eigenvalue weighted by Gasteiger charge is 2.32. The Morgan fingerprint density at radius 1 is 1.38 bits per heavy atom. The lowest BCUT2D eigenvalue weighted by Gasteiger charge is -2.20. The molecule has 1 aliphatic heterocycles. The minimum absolute atomic E-state index is 0.0395. The summed E-state index contributed by atoms with van der Waals surface area (Å²) < 4.78 is 63.2. The second kappa shape index (κ2) is 6.38. The van der Waals surface area contributed by atoms with E-state index in [0.717, 1.165) is 18.7 Å². The van der Waals surface area contributed by atoms with E-state index in [0.29, 0.717) is 12.2 Å². The fourth-order valence-corrected chi connectivity index (χ4v) is 5.85. The van der Waals surface area contributed by atoms with Crippen molar-refractivity contribution in [3.8, 4) is 0 Å². The molecular formula is C13H13ClF3N3O2S2. The van der Waals surface area contributed by atoms with Crippen LogP contribution in [0.3, 0.4) is 0 Å². The summed E-state index contributed by atoms with van der Waals surface area (Å²) in [6.45, 7) is 0. The molecule has 0 saturated carbocycles. The standard InChI is InChI=1S/C13H13ClF3N3O2S2/c14-10-4-9(13(15,16)17)5-20-11(10)18-19-12(20)23-6-8-2-1-3-24(21,22)7-8/h4-5,8H,1-3,6-7H2. The van der Waals surface area contributed by atoms with E-state index in [-0.39, 0.29) is 33.2 Å². The van der Waals surface area contributed by atoms with Gasteiger partial charge in [0, 0.05) is 11.9 Å². The number of sulfone groups is 1. The number of halogens is 4. The molecule has 24 heavy (non-hydrogen) atoms. The molecular weight excluding hydrogens is 387 g/mol. The smallest absolute Gasteiger partial charge is 0.276 e. The van der Waals surface area contributed by atoms with Crippen molar-refractivity contribution in [2.45, 2.75) is 24.2 Å². The van der Waals surface area contributed by atoms with Gasteiger partial charge >= 0.3 is 6.18 Å². The maximum Gasteiger partial charge on any atom is 0.417 e. The first-order chi connectivity index (χ1) is 11.2. The van der Waals surface area contributed by atoms with Crippen LogP contribution in [0.25, 0.3) is 5.65 Å². The Kier molecular flexibility index (Phi) is 4.73. The molecule has 2 aromatic rings. The molecule has 0 spiro atoms. The minimum atomic E-state index is -4.53. The Hall–Kier alpha value is -1.00. The van der Waals surface area contributed by atoms with Gasteiger partial charge in [0.1, 0.15) is 0 Å². The quantitative estimate of drug-likeness (QED) is 0.741. The molecule has 0 bridgehead atoms. The van der Waals surface area contributed by atoms with Crippen LogP contribution < -0.4 is 0 Å². The largest absolute Gasteiger partial charge is 0.417 e. The van der Waals surface area contributed by atoms with E-state index in [9.17, 15) is 21.6 Å². The van der Waals surface area contributed by atoms with Crippen LogP contribution in [0, 0.1) is 5.92 Å². The Labute approximate surface area is 145 Å². The molecule has 0 amide bonds. The number of thioether (sulfide) groups is 1. The van der Waals surface area contributed by atoms with E-state index in [1.165, 1.54) is 16.2 Å².